The minimum atomic E-state index is -0.900. The summed E-state index contributed by atoms with van der Waals surface area (Å²) >= 11 is 6.41. The fraction of sp³-hybridized carbons (Fsp3) is 0.412. The second-order valence-electron chi connectivity index (χ2n) is 6.09. The van der Waals surface area contributed by atoms with Crippen molar-refractivity contribution in [2.75, 3.05) is 31.6 Å². The zero-order valence-electron chi connectivity index (χ0n) is 13.6. The molecular formula is C17H21ClN4O2. The Morgan fingerprint density at radius 1 is 1.58 bits per heavy atom. The molecule has 1 aromatic heterocycles. The molecule has 24 heavy (non-hydrogen) atoms. The van der Waals surface area contributed by atoms with E-state index in [9.17, 15) is 9.90 Å². The van der Waals surface area contributed by atoms with Crippen molar-refractivity contribution in [1.29, 1.82) is 0 Å². The Hall–Kier alpha value is -2.05. The van der Waals surface area contributed by atoms with Crippen LogP contribution in [0.15, 0.2) is 24.4 Å². The molecule has 1 fully saturated rings. The molecule has 2 aromatic rings. The molecule has 1 aromatic carbocycles. The third-order valence-electron chi connectivity index (χ3n) is 4.64. The predicted octanol–water partition coefficient (Wildman–Crippen LogP) is 2.58. The highest BCUT2D eigenvalue weighted by molar-refractivity contribution is 6.36. The SMILES string of the molecule is CN(C(=O)O)[C@H]1CCN(c2c(CCN)cc(Cl)c3cccnc23)C1. The van der Waals surface area contributed by atoms with Crippen LogP contribution in [0.25, 0.3) is 10.9 Å². The molecule has 128 valence electrons. The van der Waals surface area contributed by atoms with Crippen LogP contribution in [0.4, 0.5) is 10.5 Å². The van der Waals surface area contributed by atoms with Crippen LogP contribution in [-0.2, 0) is 6.42 Å². The second-order valence-corrected chi connectivity index (χ2v) is 6.49. The number of aromatic nitrogens is 1. The topological polar surface area (TPSA) is 82.7 Å². The maximum absolute atomic E-state index is 11.2. The Bertz CT molecular complexity index is 768. The van der Waals surface area contributed by atoms with Crippen molar-refractivity contribution < 1.29 is 9.90 Å². The number of pyridine rings is 1. The molecule has 3 rings (SSSR count). The molecule has 0 bridgehead atoms. The van der Waals surface area contributed by atoms with Crippen LogP contribution in [0.1, 0.15) is 12.0 Å². The lowest BCUT2D eigenvalue weighted by atomic mass is 10.0. The molecule has 0 aliphatic carbocycles. The van der Waals surface area contributed by atoms with Crippen molar-refractivity contribution in [3.05, 3.63) is 35.0 Å². The van der Waals surface area contributed by atoms with E-state index in [4.69, 9.17) is 17.3 Å². The number of carboxylic acid groups (broad SMARTS) is 1. The fourth-order valence-electron chi connectivity index (χ4n) is 3.35. The molecule has 6 nitrogen and oxygen atoms in total. The van der Waals surface area contributed by atoms with Crippen molar-refractivity contribution in [3.63, 3.8) is 0 Å². The molecule has 1 aliphatic rings. The Balaban J connectivity index is 2.03. The molecular weight excluding hydrogens is 328 g/mol. The molecule has 1 aliphatic heterocycles. The number of amides is 1. The Labute approximate surface area is 145 Å². The molecule has 1 amide bonds. The molecule has 7 heteroatoms. The van der Waals surface area contributed by atoms with Gasteiger partial charge < -0.3 is 20.6 Å². The molecule has 0 saturated carbocycles. The molecule has 0 spiro atoms. The number of nitrogens with two attached hydrogens (primary N) is 1. The summed E-state index contributed by atoms with van der Waals surface area (Å²) in [5.74, 6) is 0. The van der Waals surface area contributed by atoms with Crippen LogP contribution in [0, 0.1) is 0 Å². The van der Waals surface area contributed by atoms with Gasteiger partial charge in [-0.15, -0.1) is 0 Å². The number of hydrogen-bond acceptors (Lipinski definition) is 4. The third kappa shape index (κ3) is 2.99. The van der Waals surface area contributed by atoms with Gasteiger partial charge >= 0.3 is 6.09 Å². The number of likely N-dealkylation sites (N-methyl/N-ethyl adjacent to an activating group) is 1. The highest BCUT2D eigenvalue weighted by atomic mass is 35.5. The van der Waals surface area contributed by atoms with Crippen LogP contribution in [0.3, 0.4) is 0 Å². The normalized spacial score (nSPS) is 17.5. The van der Waals surface area contributed by atoms with Crippen molar-refractivity contribution in [2.45, 2.75) is 18.9 Å². The second kappa shape index (κ2) is 6.83. The van der Waals surface area contributed by atoms with Gasteiger partial charge in [-0.3, -0.25) is 4.98 Å². The summed E-state index contributed by atoms with van der Waals surface area (Å²) in [6.07, 6.45) is 2.35. The van der Waals surface area contributed by atoms with Gasteiger partial charge in [0.15, 0.2) is 0 Å². The highest BCUT2D eigenvalue weighted by Crippen LogP contribution is 2.36. The standard InChI is InChI=1S/C17H21ClN4O2/c1-21(17(23)24)12-5-8-22(10-12)16-11(4-6-19)9-14(18)13-3-2-7-20-15(13)16/h2-3,7,9,12H,4-6,8,10,19H2,1H3,(H,23,24)/t12-/m0/s1. The monoisotopic (exact) mass is 348 g/mol. The first-order valence-corrected chi connectivity index (χ1v) is 8.37. The van der Waals surface area contributed by atoms with Gasteiger partial charge in [0.05, 0.1) is 22.3 Å². The third-order valence-corrected chi connectivity index (χ3v) is 4.95. The van der Waals surface area contributed by atoms with Crippen LogP contribution >= 0.6 is 11.6 Å². The smallest absolute Gasteiger partial charge is 0.407 e. The van der Waals surface area contributed by atoms with Crippen LogP contribution in [0.2, 0.25) is 5.02 Å². The number of benzene rings is 1. The van der Waals surface area contributed by atoms with E-state index in [1.165, 1.54) is 4.90 Å². The lowest BCUT2D eigenvalue weighted by Gasteiger charge is -2.26. The zero-order valence-corrected chi connectivity index (χ0v) is 14.3. The highest BCUT2D eigenvalue weighted by Gasteiger charge is 2.30. The van der Waals surface area contributed by atoms with Crippen molar-refractivity contribution >= 4 is 34.3 Å². The zero-order chi connectivity index (χ0) is 17.3. The quantitative estimate of drug-likeness (QED) is 0.887. The molecule has 2 heterocycles. The molecule has 0 unspecified atom stereocenters. The van der Waals surface area contributed by atoms with E-state index in [1.807, 2.05) is 18.2 Å². The Kier molecular flexibility index (Phi) is 4.78. The van der Waals surface area contributed by atoms with Gasteiger partial charge in [-0.05, 0) is 43.1 Å². The largest absolute Gasteiger partial charge is 0.465 e. The number of anilines is 1. The van der Waals surface area contributed by atoms with Crippen molar-refractivity contribution in [2.24, 2.45) is 5.73 Å². The lowest BCUT2D eigenvalue weighted by Crippen LogP contribution is -2.38. The fourth-order valence-corrected chi connectivity index (χ4v) is 3.64. The van der Waals surface area contributed by atoms with E-state index in [0.717, 1.165) is 35.1 Å². The first kappa shape index (κ1) is 16.8. The predicted molar refractivity (Wildman–Crippen MR) is 95.9 cm³/mol. The number of halogens is 1. The molecule has 0 radical (unpaired) electrons. The summed E-state index contributed by atoms with van der Waals surface area (Å²) in [6.45, 7) is 1.95. The van der Waals surface area contributed by atoms with Crippen molar-refractivity contribution in [3.8, 4) is 0 Å². The number of carbonyl (C=O) groups is 1. The minimum Gasteiger partial charge on any atom is -0.465 e. The van der Waals surface area contributed by atoms with Crippen LogP contribution < -0.4 is 10.6 Å². The molecule has 3 N–H and O–H groups in total. The first-order chi connectivity index (χ1) is 11.5. The van der Waals surface area contributed by atoms with E-state index < -0.39 is 6.09 Å². The first-order valence-electron chi connectivity index (χ1n) is 7.99. The average Bonchev–Trinajstić information content (AvgIpc) is 3.04. The minimum absolute atomic E-state index is 0.0253. The van der Waals surface area contributed by atoms with Crippen LogP contribution in [-0.4, -0.2) is 53.8 Å². The summed E-state index contributed by atoms with van der Waals surface area (Å²) in [5, 5.41) is 10.8. The van der Waals surface area contributed by atoms with E-state index in [2.05, 4.69) is 9.88 Å². The van der Waals surface area contributed by atoms with Gasteiger partial charge in [0, 0.05) is 31.7 Å². The van der Waals surface area contributed by atoms with Gasteiger partial charge in [-0.25, -0.2) is 4.79 Å². The summed E-state index contributed by atoms with van der Waals surface area (Å²) in [6, 6.07) is 5.76. The summed E-state index contributed by atoms with van der Waals surface area (Å²) in [4.78, 5) is 19.3. The van der Waals surface area contributed by atoms with Crippen LogP contribution in [0.5, 0.6) is 0 Å². The number of nitrogens with zero attached hydrogens (tertiary/aromatic N) is 3. The summed E-state index contributed by atoms with van der Waals surface area (Å²) in [5.41, 5.74) is 8.72. The van der Waals surface area contributed by atoms with Gasteiger partial charge in [-0.2, -0.15) is 0 Å². The van der Waals surface area contributed by atoms with E-state index in [-0.39, 0.29) is 6.04 Å². The van der Waals surface area contributed by atoms with Crippen molar-refractivity contribution in [1.82, 2.24) is 9.88 Å². The average molecular weight is 349 g/mol. The Morgan fingerprint density at radius 2 is 2.38 bits per heavy atom. The van der Waals surface area contributed by atoms with Gasteiger partial charge in [0.1, 0.15) is 0 Å². The van der Waals surface area contributed by atoms with Gasteiger partial charge in [0.25, 0.3) is 0 Å². The molecule has 1 saturated heterocycles. The van der Waals surface area contributed by atoms with Gasteiger partial charge in [-0.1, -0.05) is 11.6 Å². The number of hydrogen-bond donors (Lipinski definition) is 2. The van der Waals surface area contributed by atoms with E-state index >= 15 is 0 Å². The maximum Gasteiger partial charge on any atom is 0.407 e. The maximum atomic E-state index is 11.2. The van der Waals surface area contributed by atoms with Gasteiger partial charge in [0.2, 0.25) is 0 Å². The number of fused-ring (bicyclic) bond motifs is 1. The number of rotatable bonds is 4. The lowest BCUT2D eigenvalue weighted by molar-refractivity contribution is 0.142. The summed E-state index contributed by atoms with van der Waals surface area (Å²) < 4.78 is 0. The van der Waals surface area contributed by atoms with E-state index in [0.29, 0.717) is 24.5 Å². The molecule has 1 atom stereocenters. The Morgan fingerprint density at radius 3 is 3.08 bits per heavy atom. The summed E-state index contributed by atoms with van der Waals surface area (Å²) in [7, 11) is 1.62. The van der Waals surface area contributed by atoms with E-state index in [1.54, 1.807) is 13.2 Å².